The van der Waals surface area contributed by atoms with Gasteiger partial charge in [0.15, 0.2) is 0 Å². The van der Waals surface area contributed by atoms with Gasteiger partial charge >= 0.3 is 0 Å². The zero-order valence-electron chi connectivity index (χ0n) is 13.0. The van der Waals surface area contributed by atoms with E-state index in [0.29, 0.717) is 16.9 Å². The average Bonchev–Trinajstić information content (AvgIpc) is 2.88. The highest BCUT2D eigenvalue weighted by Gasteiger charge is 2.58. The molecule has 0 amide bonds. The molecular formula is C16H27N3. The van der Waals surface area contributed by atoms with Gasteiger partial charge in [0.1, 0.15) is 0 Å². The van der Waals surface area contributed by atoms with Crippen molar-refractivity contribution in [3.63, 3.8) is 0 Å². The van der Waals surface area contributed by atoms with E-state index in [0.717, 1.165) is 18.2 Å². The summed E-state index contributed by atoms with van der Waals surface area (Å²) in [6.07, 6.45) is 6.37. The van der Waals surface area contributed by atoms with Gasteiger partial charge in [0.05, 0.1) is 5.69 Å². The molecule has 2 aliphatic carbocycles. The van der Waals surface area contributed by atoms with Crippen LogP contribution in [0.15, 0.2) is 6.20 Å². The Balaban J connectivity index is 1.75. The maximum atomic E-state index is 4.43. The number of aromatic nitrogens is 2. The van der Waals surface area contributed by atoms with Crippen molar-refractivity contribution >= 4 is 0 Å². The van der Waals surface area contributed by atoms with Gasteiger partial charge in [-0.3, -0.25) is 4.68 Å². The van der Waals surface area contributed by atoms with Gasteiger partial charge in [-0.25, -0.2) is 0 Å². The molecule has 3 nitrogen and oxygen atoms in total. The molecule has 106 valence electrons. The molecule has 0 aromatic carbocycles. The van der Waals surface area contributed by atoms with Crippen LogP contribution in [0.5, 0.6) is 0 Å². The summed E-state index contributed by atoms with van der Waals surface area (Å²) < 4.78 is 1.92. The summed E-state index contributed by atoms with van der Waals surface area (Å²) in [7, 11) is 2.00. The summed E-state index contributed by atoms with van der Waals surface area (Å²) in [5.74, 6) is 0.907. The van der Waals surface area contributed by atoms with Gasteiger partial charge in [-0.2, -0.15) is 5.10 Å². The Morgan fingerprint density at radius 2 is 2.16 bits per heavy atom. The Morgan fingerprint density at radius 3 is 2.68 bits per heavy atom. The average molecular weight is 261 g/mol. The van der Waals surface area contributed by atoms with E-state index in [1.165, 1.54) is 24.8 Å². The number of hydrogen-bond donors (Lipinski definition) is 1. The molecule has 1 N–H and O–H groups in total. The van der Waals surface area contributed by atoms with Gasteiger partial charge in [0.25, 0.3) is 0 Å². The Morgan fingerprint density at radius 1 is 1.42 bits per heavy atom. The number of nitrogens with one attached hydrogen (secondary N) is 1. The molecule has 2 bridgehead atoms. The Bertz CT molecular complexity index is 483. The van der Waals surface area contributed by atoms with E-state index < -0.39 is 0 Å². The lowest BCUT2D eigenvalue weighted by molar-refractivity contribution is 0.108. The van der Waals surface area contributed by atoms with Crippen LogP contribution >= 0.6 is 0 Å². The van der Waals surface area contributed by atoms with Gasteiger partial charge in [0, 0.05) is 31.4 Å². The molecule has 0 radical (unpaired) electrons. The molecule has 1 unspecified atom stereocenters. The van der Waals surface area contributed by atoms with Crippen LogP contribution in [0.25, 0.3) is 0 Å². The molecule has 3 rings (SSSR count). The first-order valence-electron chi connectivity index (χ1n) is 7.55. The fourth-order valence-electron chi connectivity index (χ4n) is 4.85. The third kappa shape index (κ3) is 1.94. The minimum absolute atomic E-state index is 0.434. The summed E-state index contributed by atoms with van der Waals surface area (Å²) in [6.45, 7) is 10.4. The summed E-state index contributed by atoms with van der Waals surface area (Å²) in [4.78, 5) is 0. The van der Waals surface area contributed by atoms with Crippen LogP contribution in [0.3, 0.4) is 0 Å². The Hall–Kier alpha value is -0.830. The van der Waals surface area contributed by atoms with Gasteiger partial charge in [-0.1, -0.05) is 20.8 Å². The molecule has 2 fully saturated rings. The molecule has 3 heteroatoms. The van der Waals surface area contributed by atoms with Crippen molar-refractivity contribution < 1.29 is 0 Å². The monoisotopic (exact) mass is 261 g/mol. The zero-order valence-corrected chi connectivity index (χ0v) is 13.0. The van der Waals surface area contributed by atoms with Crippen LogP contribution in [0.4, 0.5) is 0 Å². The SMILES string of the molecule is Cc1nn(C)cc1CNC1C(C)(C)[C@H]2CC[C@]1(C)C2. The topological polar surface area (TPSA) is 29.9 Å². The van der Waals surface area contributed by atoms with Crippen LogP contribution in [-0.2, 0) is 13.6 Å². The summed E-state index contributed by atoms with van der Waals surface area (Å²) in [5, 5.41) is 8.30. The van der Waals surface area contributed by atoms with E-state index in [2.05, 4.69) is 44.3 Å². The molecule has 19 heavy (non-hydrogen) atoms. The maximum absolute atomic E-state index is 4.43. The van der Waals surface area contributed by atoms with E-state index in [-0.39, 0.29) is 0 Å². The van der Waals surface area contributed by atoms with Crippen LogP contribution in [-0.4, -0.2) is 15.8 Å². The molecular weight excluding hydrogens is 234 g/mol. The lowest BCUT2D eigenvalue weighted by Crippen LogP contribution is -2.49. The van der Waals surface area contributed by atoms with Crippen molar-refractivity contribution in [1.29, 1.82) is 0 Å². The van der Waals surface area contributed by atoms with Gasteiger partial charge < -0.3 is 5.32 Å². The largest absolute Gasteiger partial charge is 0.309 e. The van der Waals surface area contributed by atoms with Gasteiger partial charge in [0.2, 0.25) is 0 Å². The van der Waals surface area contributed by atoms with Gasteiger partial charge in [-0.15, -0.1) is 0 Å². The fourth-order valence-corrected chi connectivity index (χ4v) is 4.85. The first-order valence-corrected chi connectivity index (χ1v) is 7.55. The molecule has 1 aromatic heterocycles. The summed E-state index contributed by atoms with van der Waals surface area (Å²) in [5.41, 5.74) is 3.43. The third-order valence-electron chi connectivity index (χ3n) is 5.88. The zero-order chi connectivity index (χ0) is 13.8. The van der Waals surface area contributed by atoms with E-state index in [9.17, 15) is 0 Å². The Labute approximate surface area is 116 Å². The highest BCUT2D eigenvalue weighted by Crippen LogP contribution is 2.62. The van der Waals surface area contributed by atoms with Crippen molar-refractivity contribution in [2.45, 2.75) is 59.5 Å². The summed E-state index contributed by atoms with van der Waals surface area (Å²) >= 11 is 0. The van der Waals surface area contributed by atoms with Crippen LogP contribution in [0.1, 0.15) is 51.3 Å². The van der Waals surface area contributed by atoms with Crippen molar-refractivity contribution in [3.8, 4) is 0 Å². The maximum Gasteiger partial charge on any atom is 0.0638 e. The summed E-state index contributed by atoms with van der Waals surface area (Å²) in [6, 6.07) is 0.637. The molecule has 3 atom stereocenters. The first kappa shape index (κ1) is 13.2. The minimum Gasteiger partial charge on any atom is -0.309 e. The van der Waals surface area contributed by atoms with Gasteiger partial charge in [-0.05, 0) is 42.9 Å². The lowest BCUT2D eigenvalue weighted by atomic mass is 9.68. The predicted octanol–water partition coefficient (Wildman–Crippen LogP) is 3.03. The second kappa shape index (κ2) is 4.08. The van der Waals surface area contributed by atoms with Crippen LogP contribution in [0, 0.1) is 23.7 Å². The second-order valence-corrected chi connectivity index (χ2v) is 7.64. The minimum atomic E-state index is 0.434. The normalized spacial score (nSPS) is 36.1. The van der Waals surface area contributed by atoms with E-state index in [1.807, 2.05) is 11.7 Å². The van der Waals surface area contributed by atoms with Crippen molar-refractivity contribution in [2.75, 3.05) is 0 Å². The van der Waals surface area contributed by atoms with Crippen LogP contribution < -0.4 is 5.32 Å². The van der Waals surface area contributed by atoms with E-state index in [4.69, 9.17) is 0 Å². The van der Waals surface area contributed by atoms with Crippen molar-refractivity contribution in [3.05, 3.63) is 17.5 Å². The standard InChI is InChI=1S/C16H27N3/c1-11-12(10-19(5)18-11)9-17-14-15(2,3)13-6-7-16(14,4)8-13/h10,13-14,17H,6-9H2,1-5H3/t13-,14?,16+/m0/s1. The third-order valence-corrected chi connectivity index (χ3v) is 5.88. The fraction of sp³-hybridized carbons (Fsp3) is 0.812. The first-order chi connectivity index (χ1) is 8.83. The molecule has 0 spiro atoms. The molecule has 0 aliphatic heterocycles. The second-order valence-electron chi connectivity index (χ2n) is 7.64. The van der Waals surface area contributed by atoms with Crippen molar-refractivity contribution in [2.24, 2.45) is 23.8 Å². The Kier molecular flexibility index (Phi) is 2.83. The lowest BCUT2D eigenvalue weighted by Gasteiger charge is -2.43. The van der Waals surface area contributed by atoms with E-state index in [1.54, 1.807) is 0 Å². The number of fused-ring (bicyclic) bond motifs is 2. The van der Waals surface area contributed by atoms with Crippen LogP contribution in [0.2, 0.25) is 0 Å². The highest BCUT2D eigenvalue weighted by molar-refractivity contribution is 5.17. The molecule has 1 aromatic rings. The number of rotatable bonds is 3. The number of hydrogen-bond acceptors (Lipinski definition) is 2. The smallest absolute Gasteiger partial charge is 0.0638 e. The molecule has 0 saturated heterocycles. The van der Waals surface area contributed by atoms with E-state index >= 15 is 0 Å². The van der Waals surface area contributed by atoms with Crippen molar-refractivity contribution in [1.82, 2.24) is 15.1 Å². The quantitative estimate of drug-likeness (QED) is 0.906. The predicted molar refractivity (Wildman–Crippen MR) is 77.8 cm³/mol. The molecule has 2 aliphatic rings. The highest BCUT2D eigenvalue weighted by atomic mass is 15.3. The molecule has 2 saturated carbocycles. The number of nitrogens with zero attached hydrogens (tertiary/aromatic N) is 2. The molecule has 1 heterocycles. The number of aryl methyl sites for hydroxylation is 2.